The van der Waals surface area contributed by atoms with Crippen LogP contribution in [0.15, 0.2) is 41.8 Å². The Labute approximate surface area is 122 Å². The van der Waals surface area contributed by atoms with Crippen LogP contribution in [0.2, 0.25) is 0 Å². The van der Waals surface area contributed by atoms with Crippen molar-refractivity contribution in [3.05, 3.63) is 52.2 Å². The summed E-state index contributed by atoms with van der Waals surface area (Å²) >= 11 is 5.40. The maximum atomic E-state index is 3.56. The van der Waals surface area contributed by atoms with E-state index in [0.717, 1.165) is 11.8 Å². The fraction of sp³-hybridized carbons (Fsp3) is 0.333. The van der Waals surface area contributed by atoms with Crippen LogP contribution in [-0.4, -0.2) is 13.1 Å². The molecule has 0 amide bonds. The molecule has 0 bridgehead atoms. The molecule has 0 aliphatic rings. The van der Waals surface area contributed by atoms with E-state index in [1.165, 1.54) is 16.1 Å². The first kappa shape index (κ1) is 13.6. The summed E-state index contributed by atoms with van der Waals surface area (Å²) in [4.78, 5) is 3.82. The van der Waals surface area contributed by atoms with Gasteiger partial charge in [-0.3, -0.25) is 0 Å². The number of likely N-dealkylation sites (N-methyl/N-ethyl adjacent to an activating group) is 1. The normalized spacial score (nSPS) is 12.4. The van der Waals surface area contributed by atoms with Gasteiger partial charge in [0.2, 0.25) is 0 Å². The molecule has 1 aromatic carbocycles. The van der Waals surface area contributed by atoms with Crippen molar-refractivity contribution in [1.29, 1.82) is 0 Å². The van der Waals surface area contributed by atoms with Crippen molar-refractivity contribution < 1.29 is 0 Å². The van der Waals surface area contributed by atoms with Gasteiger partial charge in [-0.25, -0.2) is 0 Å². The first-order valence-corrected chi connectivity index (χ1v) is 8.11. The van der Waals surface area contributed by atoms with E-state index in [4.69, 9.17) is 0 Å². The summed E-state index contributed by atoms with van der Waals surface area (Å²) in [7, 11) is 2.18. The summed E-state index contributed by atoms with van der Waals surface area (Å²) < 4.78 is 0. The van der Waals surface area contributed by atoms with E-state index in [0.29, 0.717) is 6.04 Å². The minimum atomic E-state index is 0.504. The van der Waals surface area contributed by atoms with Crippen LogP contribution < -0.4 is 4.90 Å². The van der Waals surface area contributed by atoms with E-state index in [1.807, 2.05) is 11.3 Å². The molecule has 0 saturated carbocycles. The summed E-state index contributed by atoms with van der Waals surface area (Å²) in [6.07, 6.45) is 1.10. The molecule has 2 rings (SSSR count). The second-order valence-corrected chi connectivity index (χ2v) is 6.10. The van der Waals surface area contributed by atoms with Crippen molar-refractivity contribution in [2.75, 3.05) is 11.9 Å². The number of benzene rings is 1. The molecule has 0 aliphatic carbocycles. The minimum absolute atomic E-state index is 0.504. The Morgan fingerprint density at radius 3 is 2.67 bits per heavy atom. The van der Waals surface area contributed by atoms with Crippen molar-refractivity contribution in [1.82, 2.24) is 0 Å². The van der Waals surface area contributed by atoms with Crippen LogP contribution in [0.25, 0.3) is 0 Å². The maximum Gasteiger partial charge on any atom is 0.0407 e. The molecule has 3 heteroatoms. The minimum Gasteiger partial charge on any atom is -0.371 e. The van der Waals surface area contributed by atoms with Crippen LogP contribution in [0.5, 0.6) is 0 Å². The summed E-state index contributed by atoms with van der Waals surface area (Å²) in [5.41, 5.74) is 2.66. The zero-order valence-corrected chi connectivity index (χ0v) is 13.2. The topological polar surface area (TPSA) is 3.24 Å². The van der Waals surface area contributed by atoms with Crippen LogP contribution in [0.4, 0.5) is 5.69 Å². The number of hydrogen-bond acceptors (Lipinski definition) is 2. The number of alkyl halides is 1. The Morgan fingerprint density at radius 1 is 1.22 bits per heavy atom. The number of halogens is 1. The highest BCUT2D eigenvalue weighted by molar-refractivity contribution is 9.08. The van der Waals surface area contributed by atoms with Gasteiger partial charge in [0, 0.05) is 35.4 Å². The highest BCUT2D eigenvalue weighted by atomic mass is 79.9. The van der Waals surface area contributed by atoms with Crippen LogP contribution >= 0.6 is 27.3 Å². The number of hydrogen-bond donors (Lipinski definition) is 0. The fourth-order valence-electron chi connectivity index (χ4n) is 2.06. The van der Waals surface area contributed by atoms with Crippen molar-refractivity contribution in [3.8, 4) is 0 Å². The number of anilines is 1. The van der Waals surface area contributed by atoms with Gasteiger partial charge in [0.25, 0.3) is 0 Å². The molecule has 0 spiro atoms. The standard InChI is InChI=1S/C15H18BrNS/c1-12(10-14-7-5-9-18-14)17(2)15-8-4-3-6-13(15)11-16/h3-9,12H,10-11H2,1-2H3. The molecule has 0 aliphatic heterocycles. The molecule has 1 atom stereocenters. The Morgan fingerprint density at radius 2 is 2.00 bits per heavy atom. The van der Waals surface area contributed by atoms with Crippen LogP contribution in [-0.2, 0) is 11.8 Å². The van der Waals surface area contributed by atoms with Gasteiger partial charge in [-0.15, -0.1) is 11.3 Å². The summed E-state index contributed by atoms with van der Waals surface area (Å²) in [5.74, 6) is 0. The molecule has 1 nitrogen and oxygen atoms in total. The quantitative estimate of drug-likeness (QED) is 0.720. The van der Waals surface area contributed by atoms with Crippen molar-refractivity contribution >= 4 is 33.0 Å². The third kappa shape index (κ3) is 3.15. The predicted octanol–water partition coefficient (Wildman–Crippen LogP) is 4.71. The fourth-order valence-corrected chi connectivity index (χ4v) is 3.36. The smallest absolute Gasteiger partial charge is 0.0407 e. The highest BCUT2D eigenvalue weighted by Gasteiger charge is 2.13. The maximum absolute atomic E-state index is 3.56. The molecule has 1 unspecified atom stereocenters. The van der Waals surface area contributed by atoms with E-state index in [1.54, 1.807) is 0 Å². The number of thiophene rings is 1. The molecule has 18 heavy (non-hydrogen) atoms. The largest absolute Gasteiger partial charge is 0.371 e. The Bertz CT molecular complexity index is 481. The molecule has 0 radical (unpaired) electrons. The first-order valence-electron chi connectivity index (χ1n) is 6.11. The lowest BCUT2D eigenvalue weighted by atomic mass is 10.1. The van der Waals surface area contributed by atoms with Crippen molar-refractivity contribution in [2.24, 2.45) is 0 Å². The number of nitrogens with zero attached hydrogens (tertiary/aromatic N) is 1. The van der Waals surface area contributed by atoms with E-state index in [2.05, 4.69) is 76.6 Å². The zero-order valence-electron chi connectivity index (χ0n) is 10.8. The summed E-state index contributed by atoms with van der Waals surface area (Å²) in [6.45, 7) is 2.28. The van der Waals surface area contributed by atoms with E-state index >= 15 is 0 Å². The molecule has 0 saturated heterocycles. The second-order valence-electron chi connectivity index (χ2n) is 4.51. The molecule has 0 N–H and O–H groups in total. The van der Waals surface area contributed by atoms with Gasteiger partial charge >= 0.3 is 0 Å². The van der Waals surface area contributed by atoms with Gasteiger partial charge in [-0.1, -0.05) is 40.2 Å². The number of rotatable bonds is 5. The lowest BCUT2D eigenvalue weighted by Crippen LogP contribution is -2.31. The highest BCUT2D eigenvalue weighted by Crippen LogP contribution is 2.24. The lowest BCUT2D eigenvalue weighted by molar-refractivity contribution is 0.686. The Balaban J connectivity index is 2.12. The predicted molar refractivity (Wildman–Crippen MR) is 85.0 cm³/mol. The zero-order chi connectivity index (χ0) is 13.0. The molecule has 0 fully saturated rings. The van der Waals surface area contributed by atoms with E-state index in [9.17, 15) is 0 Å². The third-order valence-electron chi connectivity index (χ3n) is 3.25. The van der Waals surface area contributed by atoms with Crippen molar-refractivity contribution in [3.63, 3.8) is 0 Å². The SMILES string of the molecule is CC(Cc1cccs1)N(C)c1ccccc1CBr. The van der Waals surface area contributed by atoms with Gasteiger partial charge < -0.3 is 4.90 Å². The van der Waals surface area contributed by atoms with Crippen LogP contribution in [0.1, 0.15) is 17.4 Å². The van der Waals surface area contributed by atoms with Gasteiger partial charge in [-0.05, 0) is 30.0 Å². The van der Waals surface area contributed by atoms with Crippen molar-refractivity contribution in [2.45, 2.75) is 24.7 Å². The molecular weight excluding hydrogens is 306 g/mol. The van der Waals surface area contributed by atoms with Gasteiger partial charge in [-0.2, -0.15) is 0 Å². The monoisotopic (exact) mass is 323 g/mol. The molecule has 2 aromatic rings. The molecular formula is C15H18BrNS. The summed E-state index contributed by atoms with van der Waals surface area (Å²) in [6, 6.07) is 13.4. The third-order valence-corrected chi connectivity index (χ3v) is 4.76. The van der Waals surface area contributed by atoms with Gasteiger partial charge in [0.15, 0.2) is 0 Å². The van der Waals surface area contributed by atoms with E-state index in [-0.39, 0.29) is 0 Å². The average Bonchev–Trinajstić information content (AvgIpc) is 2.90. The molecule has 1 heterocycles. The van der Waals surface area contributed by atoms with Crippen LogP contribution in [0.3, 0.4) is 0 Å². The number of para-hydroxylation sites is 1. The van der Waals surface area contributed by atoms with Gasteiger partial charge in [0.1, 0.15) is 0 Å². The first-order chi connectivity index (χ1) is 8.72. The second kappa shape index (κ2) is 6.39. The Kier molecular flexibility index (Phi) is 4.84. The van der Waals surface area contributed by atoms with E-state index < -0.39 is 0 Å². The average molecular weight is 324 g/mol. The molecule has 96 valence electrons. The Hall–Kier alpha value is -0.800. The molecule has 1 aromatic heterocycles. The lowest BCUT2D eigenvalue weighted by Gasteiger charge is -2.28. The summed E-state index contributed by atoms with van der Waals surface area (Å²) in [5, 5.41) is 3.05. The van der Waals surface area contributed by atoms with Crippen LogP contribution in [0, 0.1) is 0 Å². The van der Waals surface area contributed by atoms with Gasteiger partial charge in [0.05, 0.1) is 0 Å².